The Labute approximate surface area is 138 Å². The highest BCUT2D eigenvalue weighted by molar-refractivity contribution is 5.81. The number of carbonyl (C=O) groups excluding carboxylic acids is 1. The van der Waals surface area contributed by atoms with Gasteiger partial charge in [0.05, 0.1) is 13.2 Å². The summed E-state index contributed by atoms with van der Waals surface area (Å²) in [7, 11) is 3.51. The zero-order valence-corrected chi connectivity index (χ0v) is 14.6. The topological polar surface area (TPSA) is 66.0 Å². The van der Waals surface area contributed by atoms with Gasteiger partial charge >= 0.3 is 0 Å². The molecule has 0 atom stereocenters. The van der Waals surface area contributed by atoms with Gasteiger partial charge in [0.1, 0.15) is 5.75 Å². The zero-order valence-electron chi connectivity index (χ0n) is 14.6. The molecule has 0 unspecified atom stereocenters. The molecule has 0 aromatic heterocycles. The molecule has 23 heavy (non-hydrogen) atoms. The Kier molecular flexibility index (Phi) is 8.57. The number of nitrogens with one attached hydrogen (secondary N) is 2. The second-order valence-corrected chi connectivity index (χ2v) is 5.20. The van der Waals surface area contributed by atoms with Gasteiger partial charge in [0.2, 0.25) is 5.91 Å². The van der Waals surface area contributed by atoms with Crippen LogP contribution < -0.4 is 15.4 Å². The first-order chi connectivity index (χ1) is 11.1. The maximum atomic E-state index is 11.6. The highest BCUT2D eigenvalue weighted by atomic mass is 16.5. The molecule has 0 saturated carbocycles. The molecule has 1 amide bonds. The van der Waals surface area contributed by atoms with E-state index in [0.717, 1.165) is 17.9 Å². The molecule has 1 aromatic rings. The number of carbonyl (C=O) groups is 1. The Morgan fingerprint density at radius 3 is 2.61 bits per heavy atom. The largest absolute Gasteiger partial charge is 0.494 e. The summed E-state index contributed by atoms with van der Waals surface area (Å²) in [6.45, 7) is 6.44. The molecule has 6 nitrogen and oxygen atoms in total. The van der Waals surface area contributed by atoms with Crippen LogP contribution in [0.25, 0.3) is 0 Å². The minimum absolute atomic E-state index is 0.0926. The van der Waals surface area contributed by atoms with Crippen molar-refractivity contribution >= 4 is 11.9 Å². The summed E-state index contributed by atoms with van der Waals surface area (Å²) in [4.78, 5) is 17.7. The quantitative estimate of drug-likeness (QED) is 0.564. The predicted octanol–water partition coefficient (Wildman–Crippen LogP) is 1.62. The molecular weight excluding hydrogens is 292 g/mol. The molecule has 0 spiro atoms. The molecule has 0 saturated heterocycles. The molecule has 1 rings (SSSR count). The summed E-state index contributed by atoms with van der Waals surface area (Å²) in [6, 6.07) is 7.88. The van der Waals surface area contributed by atoms with Crippen LogP contribution in [0.1, 0.15) is 25.8 Å². The van der Waals surface area contributed by atoms with Crippen LogP contribution in [-0.2, 0) is 11.3 Å². The third-order valence-corrected chi connectivity index (χ3v) is 3.15. The normalized spacial score (nSPS) is 11.0. The van der Waals surface area contributed by atoms with Crippen LogP contribution in [0.3, 0.4) is 0 Å². The van der Waals surface area contributed by atoms with Crippen molar-refractivity contribution in [3.05, 3.63) is 29.8 Å². The molecule has 0 fully saturated rings. The lowest BCUT2D eigenvalue weighted by Gasteiger charge is -2.14. The number of rotatable bonds is 8. The van der Waals surface area contributed by atoms with Crippen molar-refractivity contribution in [1.82, 2.24) is 15.5 Å². The maximum Gasteiger partial charge on any atom is 0.223 e. The summed E-state index contributed by atoms with van der Waals surface area (Å²) in [5.74, 6) is 1.65. The summed E-state index contributed by atoms with van der Waals surface area (Å²) < 4.78 is 5.61. The van der Waals surface area contributed by atoms with Gasteiger partial charge in [-0.15, -0.1) is 0 Å². The van der Waals surface area contributed by atoms with E-state index in [1.807, 2.05) is 38.1 Å². The Hall–Kier alpha value is -2.24. The van der Waals surface area contributed by atoms with Crippen LogP contribution >= 0.6 is 0 Å². The van der Waals surface area contributed by atoms with Crippen molar-refractivity contribution in [2.45, 2.75) is 26.8 Å². The van der Waals surface area contributed by atoms with Crippen molar-refractivity contribution in [2.75, 3.05) is 33.8 Å². The third-order valence-electron chi connectivity index (χ3n) is 3.15. The Morgan fingerprint density at radius 1 is 1.22 bits per heavy atom. The van der Waals surface area contributed by atoms with Crippen LogP contribution in [0.2, 0.25) is 0 Å². The first-order valence-corrected chi connectivity index (χ1v) is 8.01. The number of hydrogen-bond acceptors (Lipinski definition) is 3. The highest BCUT2D eigenvalue weighted by Crippen LogP contribution is 2.18. The summed E-state index contributed by atoms with van der Waals surface area (Å²) in [5, 5.41) is 6.36. The molecule has 2 N–H and O–H groups in total. The second-order valence-electron chi connectivity index (χ2n) is 5.20. The van der Waals surface area contributed by atoms with Crippen molar-refractivity contribution in [2.24, 2.45) is 4.99 Å². The molecule has 0 heterocycles. The van der Waals surface area contributed by atoms with Gasteiger partial charge in [-0.05, 0) is 19.9 Å². The molecule has 0 aliphatic carbocycles. The summed E-state index contributed by atoms with van der Waals surface area (Å²) in [5.41, 5.74) is 1.04. The number of hydrogen-bond donors (Lipinski definition) is 2. The Bertz CT molecular complexity index is 515. The molecule has 0 aliphatic heterocycles. The van der Waals surface area contributed by atoms with Crippen LogP contribution in [-0.4, -0.2) is 50.6 Å². The molecule has 6 heteroatoms. The maximum absolute atomic E-state index is 11.6. The van der Waals surface area contributed by atoms with Crippen LogP contribution in [0.4, 0.5) is 0 Å². The SMILES string of the molecule is CCNC(=NCc1ccccc1OCC)NCCC(=O)N(C)C. The smallest absolute Gasteiger partial charge is 0.223 e. The van der Waals surface area contributed by atoms with E-state index >= 15 is 0 Å². The molecule has 0 radical (unpaired) electrons. The van der Waals surface area contributed by atoms with Gasteiger partial charge in [-0.2, -0.15) is 0 Å². The zero-order chi connectivity index (χ0) is 17.1. The lowest BCUT2D eigenvalue weighted by molar-refractivity contribution is -0.128. The minimum atomic E-state index is 0.0926. The fourth-order valence-corrected chi connectivity index (χ4v) is 1.95. The van der Waals surface area contributed by atoms with Crippen molar-refractivity contribution in [3.63, 3.8) is 0 Å². The standard InChI is InChI=1S/C17H28N4O2/c1-5-18-17(19-12-11-16(22)21(3)4)20-13-14-9-7-8-10-15(14)23-6-2/h7-10H,5-6,11-13H2,1-4H3,(H2,18,19,20). The first kappa shape index (κ1) is 18.8. The van der Waals surface area contributed by atoms with E-state index in [4.69, 9.17) is 4.74 Å². The summed E-state index contributed by atoms with van der Waals surface area (Å²) in [6.07, 6.45) is 0.437. The summed E-state index contributed by atoms with van der Waals surface area (Å²) >= 11 is 0. The third kappa shape index (κ3) is 7.04. The van der Waals surface area contributed by atoms with E-state index in [9.17, 15) is 4.79 Å². The van der Waals surface area contributed by atoms with E-state index in [2.05, 4.69) is 15.6 Å². The van der Waals surface area contributed by atoms with Crippen LogP contribution in [0, 0.1) is 0 Å². The lowest BCUT2D eigenvalue weighted by Crippen LogP contribution is -2.39. The van der Waals surface area contributed by atoms with E-state index in [1.165, 1.54) is 0 Å². The predicted molar refractivity (Wildman–Crippen MR) is 93.7 cm³/mol. The molecule has 0 aliphatic rings. The van der Waals surface area contributed by atoms with Gasteiger partial charge < -0.3 is 20.3 Å². The number of para-hydroxylation sites is 1. The van der Waals surface area contributed by atoms with E-state index in [1.54, 1.807) is 19.0 Å². The van der Waals surface area contributed by atoms with E-state index < -0.39 is 0 Å². The lowest BCUT2D eigenvalue weighted by atomic mass is 10.2. The van der Waals surface area contributed by atoms with Gasteiger partial charge in [-0.1, -0.05) is 18.2 Å². The minimum Gasteiger partial charge on any atom is -0.494 e. The number of amides is 1. The van der Waals surface area contributed by atoms with Gasteiger partial charge in [0.25, 0.3) is 0 Å². The van der Waals surface area contributed by atoms with E-state index in [0.29, 0.717) is 32.1 Å². The fourth-order valence-electron chi connectivity index (χ4n) is 1.95. The van der Waals surface area contributed by atoms with Gasteiger partial charge in [-0.25, -0.2) is 4.99 Å². The average molecular weight is 320 g/mol. The first-order valence-electron chi connectivity index (χ1n) is 8.01. The van der Waals surface area contributed by atoms with Crippen molar-refractivity contribution < 1.29 is 9.53 Å². The molecular formula is C17H28N4O2. The number of aliphatic imine (C=N–C) groups is 1. The second kappa shape index (κ2) is 10.5. The molecule has 1 aromatic carbocycles. The monoisotopic (exact) mass is 320 g/mol. The van der Waals surface area contributed by atoms with Gasteiger partial charge in [-0.3, -0.25) is 4.79 Å². The van der Waals surface area contributed by atoms with Crippen molar-refractivity contribution in [3.8, 4) is 5.75 Å². The fraction of sp³-hybridized carbons (Fsp3) is 0.529. The van der Waals surface area contributed by atoms with Crippen LogP contribution in [0.15, 0.2) is 29.3 Å². The number of guanidine groups is 1. The average Bonchev–Trinajstić information content (AvgIpc) is 2.53. The number of ether oxygens (including phenoxy) is 1. The Balaban J connectivity index is 2.63. The van der Waals surface area contributed by atoms with Crippen molar-refractivity contribution in [1.29, 1.82) is 0 Å². The van der Waals surface area contributed by atoms with Gasteiger partial charge in [0, 0.05) is 39.2 Å². The van der Waals surface area contributed by atoms with Crippen LogP contribution in [0.5, 0.6) is 5.75 Å². The molecule has 0 bridgehead atoms. The number of nitrogens with zero attached hydrogens (tertiary/aromatic N) is 2. The highest BCUT2D eigenvalue weighted by Gasteiger charge is 2.05. The Morgan fingerprint density at radius 2 is 1.96 bits per heavy atom. The van der Waals surface area contributed by atoms with E-state index in [-0.39, 0.29) is 5.91 Å². The molecule has 128 valence electrons. The number of benzene rings is 1. The van der Waals surface area contributed by atoms with Gasteiger partial charge in [0.15, 0.2) is 5.96 Å².